The second-order valence-electron chi connectivity index (χ2n) is 7.42. The van der Waals surface area contributed by atoms with E-state index in [1.165, 1.54) is 6.07 Å². The molecule has 1 fully saturated rings. The van der Waals surface area contributed by atoms with Crippen LogP contribution < -0.4 is 15.2 Å². The summed E-state index contributed by atoms with van der Waals surface area (Å²) in [5.41, 5.74) is 1.79. The number of ether oxygens (including phenoxy) is 1. The number of piperazine rings is 1. The third-order valence-corrected chi connectivity index (χ3v) is 6.41. The molecule has 2 aromatic rings. The van der Waals surface area contributed by atoms with Gasteiger partial charge in [-0.15, -0.1) is 0 Å². The Labute approximate surface area is 182 Å². The van der Waals surface area contributed by atoms with E-state index in [1.807, 2.05) is 30.0 Å². The first-order valence-electron chi connectivity index (χ1n) is 10.3. The number of unbranched alkanes of at least 4 members (excludes halogenated alkanes) is 1. The average Bonchev–Trinajstić information content (AvgIpc) is 2.76. The van der Waals surface area contributed by atoms with Crippen molar-refractivity contribution in [3.63, 3.8) is 0 Å². The number of carbonyl (C=O) groups excluding carboxylic acids is 1. The number of aromatic nitrogens is 2. The van der Waals surface area contributed by atoms with E-state index in [9.17, 15) is 9.59 Å². The van der Waals surface area contributed by atoms with Gasteiger partial charge in [0.2, 0.25) is 5.91 Å². The summed E-state index contributed by atoms with van der Waals surface area (Å²) >= 11 is 1.57. The van der Waals surface area contributed by atoms with Gasteiger partial charge in [-0.1, -0.05) is 23.9 Å². The number of amides is 1. The molecule has 3 rings (SSSR count). The van der Waals surface area contributed by atoms with Gasteiger partial charge in [0, 0.05) is 57.2 Å². The Hall–Kier alpha value is -2.48. The Morgan fingerprint density at radius 2 is 1.90 bits per heavy atom. The van der Waals surface area contributed by atoms with Crippen molar-refractivity contribution < 1.29 is 9.53 Å². The predicted molar refractivity (Wildman–Crippen MR) is 121 cm³/mol. The van der Waals surface area contributed by atoms with Gasteiger partial charge in [-0.3, -0.25) is 14.2 Å². The van der Waals surface area contributed by atoms with Crippen LogP contribution in [0.2, 0.25) is 0 Å². The van der Waals surface area contributed by atoms with Crippen molar-refractivity contribution in [2.24, 2.45) is 7.05 Å². The van der Waals surface area contributed by atoms with E-state index in [0.29, 0.717) is 6.42 Å². The summed E-state index contributed by atoms with van der Waals surface area (Å²) in [5, 5.41) is 0.735. The smallest absolute Gasteiger partial charge is 0.254 e. The Kier molecular flexibility index (Phi) is 7.79. The van der Waals surface area contributed by atoms with Crippen molar-refractivity contribution in [2.45, 2.75) is 31.3 Å². The number of methoxy groups -OCH3 is 1. The minimum absolute atomic E-state index is 0.0348. The van der Waals surface area contributed by atoms with Gasteiger partial charge < -0.3 is 14.5 Å². The number of anilines is 1. The number of aryl methyl sites for hydroxylation is 1. The Balaban J connectivity index is 1.39. The number of thioether (sulfide) groups is 1. The molecule has 1 aromatic carbocycles. The molecular formula is C22H30N4O3S. The fourth-order valence-corrected chi connectivity index (χ4v) is 4.57. The zero-order valence-electron chi connectivity index (χ0n) is 18.0. The third kappa shape index (κ3) is 5.56. The first-order chi connectivity index (χ1) is 14.5. The molecule has 0 radical (unpaired) electrons. The topological polar surface area (TPSA) is 67.7 Å². The SMILES string of the molecule is COc1ccccc1N1CCN(C(=O)CCCCSc2nc(C)cc(=O)n2C)CC1. The van der Waals surface area contributed by atoms with Crippen LogP contribution in [0.15, 0.2) is 40.3 Å². The number of nitrogens with zero attached hydrogens (tertiary/aromatic N) is 4. The Morgan fingerprint density at radius 1 is 1.17 bits per heavy atom. The van der Waals surface area contributed by atoms with Gasteiger partial charge in [0.05, 0.1) is 12.8 Å². The molecule has 1 aliphatic heterocycles. The van der Waals surface area contributed by atoms with Crippen LogP contribution in [0, 0.1) is 6.92 Å². The number of benzene rings is 1. The second kappa shape index (κ2) is 10.5. The molecule has 30 heavy (non-hydrogen) atoms. The molecule has 0 N–H and O–H groups in total. The number of carbonyl (C=O) groups is 1. The lowest BCUT2D eigenvalue weighted by Gasteiger charge is -2.36. The van der Waals surface area contributed by atoms with Crippen LogP contribution in [0.25, 0.3) is 0 Å². The van der Waals surface area contributed by atoms with Crippen LogP contribution in [0.5, 0.6) is 5.75 Å². The molecule has 1 aliphatic rings. The molecule has 1 saturated heterocycles. The molecule has 0 saturated carbocycles. The summed E-state index contributed by atoms with van der Waals surface area (Å²) in [7, 11) is 3.43. The van der Waals surface area contributed by atoms with E-state index in [0.717, 1.165) is 67.1 Å². The lowest BCUT2D eigenvalue weighted by molar-refractivity contribution is -0.131. The van der Waals surface area contributed by atoms with Crippen LogP contribution in [0.1, 0.15) is 25.0 Å². The molecule has 1 amide bonds. The summed E-state index contributed by atoms with van der Waals surface area (Å²) in [4.78, 5) is 33.0. The third-order valence-electron chi connectivity index (χ3n) is 5.30. The van der Waals surface area contributed by atoms with Crippen molar-refractivity contribution >= 4 is 23.4 Å². The van der Waals surface area contributed by atoms with Gasteiger partial charge >= 0.3 is 0 Å². The lowest BCUT2D eigenvalue weighted by atomic mass is 10.2. The Bertz CT molecular complexity index is 923. The van der Waals surface area contributed by atoms with Crippen molar-refractivity contribution in [2.75, 3.05) is 43.9 Å². The molecule has 0 aliphatic carbocycles. The fourth-order valence-electron chi connectivity index (χ4n) is 3.54. The molecule has 7 nitrogen and oxygen atoms in total. The van der Waals surface area contributed by atoms with Crippen molar-refractivity contribution in [3.8, 4) is 5.75 Å². The van der Waals surface area contributed by atoms with Gasteiger partial charge in [0.15, 0.2) is 5.16 Å². The summed E-state index contributed by atoms with van der Waals surface area (Å²) in [6.07, 6.45) is 2.33. The van der Waals surface area contributed by atoms with Crippen LogP contribution in [-0.4, -0.2) is 59.4 Å². The van der Waals surface area contributed by atoms with Crippen LogP contribution >= 0.6 is 11.8 Å². The number of hydrogen-bond donors (Lipinski definition) is 0. The van der Waals surface area contributed by atoms with Gasteiger partial charge in [0.1, 0.15) is 5.75 Å². The molecule has 0 bridgehead atoms. The van der Waals surface area contributed by atoms with Gasteiger partial charge in [-0.2, -0.15) is 0 Å². The van der Waals surface area contributed by atoms with E-state index >= 15 is 0 Å². The number of hydrogen-bond acceptors (Lipinski definition) is 6. The van der Waals surface area contributed by atoms with E-state index in [4.69, 9.17) is 4.74 Å². The van der Waals surface area contributed by atoms with Crippen molar-refractivity contribution in [3.05, 3.63) is 46.4 Å². The molecule has 0 spiro atoms. The minimum atomic E-state index is -0.0348. The highest BCUT2D eigenvalue weighted by molar-refractivity contribution is 7.99. The molecule has 162 valence electrons. The van der Waals surface area contributed by atoms with Crippen LogP contribution in [-0.2, 0) is 11.8 Å². The summed E-state index contributed by atoms with van der Waals surface area (Å²) in [6.45, 7) is 4.93. The Morgan fingerprint density at radius 3 is 2.63 bits per heavy atom. The standard InChI is InChI=1S/C22H30N4O3S/c1-17-16-21(28)24(2)22(23-17)30-15-7-6-10-20(27)26-13-11-25(12-14-26)18-8-4-5-9-19(18)29-3/h4-5,8-9,16H,6-7,10-15H2,1-3H3. The van der Waals surface area contributed by atoms with Crippen molar-refractivity contribution in [1.82, 2.24) is 14.5 Å². The number of rotatable bonds is 8. The van der Waals surface area contributed by atoms with Crippen LogP contribution in [0.4, 0.5) is 5.69 Å². The maximum Gasteiger partial charge on any atom is 0.254 e. The van der Waals surface area contributed by atoms with Gasteiger partial charge in [-0.25, -0.2) is 4.98 Å². The van der Waals surface area contributed by atoms with Crippen LogP contribution in [0.3, 0.4) is 0 Å². The van der Waals surface area contributed by atoms with E-state index in [2.05, 4.69) is 16.0 Å². The predicted octanol–water partition coefficient (Wildman–Crippen LogP) is 2.71. The molecule has 1 aromatic heterocycles. The maximum atomic E-state index is 12.6. The summed E-state index contributed by atoms with van der Waals surface area (Å²) in [6, 6.07) is 9.55. The maximum absolute atomic E-state index is 12.6. The summed E-state index contributed by atoms with van der Waals surface area (Å²) < 4.78 is 7.03. The molecule has 2 heterocycles. The fraction of sp³-hybridized carbons (Fsp3) is 0.500. The first kappa shape index (κ1) is 22.2. The zero-order valence-corrected chi connectivity index (χ0v) is 18.8. The highest BCUT2D eigenvalue weighted by Gasteiger charge is 2.22. The number of para-hydroxylation sites is 2. The van der Waals surface area contributed by atoms with Gasteiger partial charge in [-0.05, 0) is 31.9 Å². The average molecular weight is 431 g/mol. The highest BCUT2D eigenvalue weighted by Crippen LogP contribution is 2.28. The van der Waals surface area contributed by atoms with E-state index in [-0.39, 0.29) is 11.5 Å². The molecule has 8 heteroatoms. The monoisotopic (exact) mass is 430 g/mol. The molecular weight excluding hydrogens is 400 g/mol. The minimum Gasteiger partial charge on any atom is -0.495 e. The normalized spacial score (nSPS) is 14.1. The van der Waals surface area contributed by atoms with Gasteiger partial charge in [0.25, 0.3) is 5.56 Å². The first-order valence-corrected chi connectivity index (χ1v) is 11.3. The van der Waals surface area contributed by atoms with E-state index in [1.54, 1.807) is 30.5 Å². The quantitative estimate of drug-likeness (QED) is 0.364. The molecule has 0 unspecified atom stereocenters. The zero-order chi connectivity index (χ0) is 21.5. The largest absolute Gasteiger partial charge is 0.495 e. The second-order valence-corrected chi connectivity index (χ2v) is 8.48. The highest BCUT2D eigenvalue weighted by atomic mass is 32.2. The lowest BCUT2D eigenvalue weighted by Crippen LogP contribution is -2.48. The van der Waals surface area contributed by atoms with E-state index < -0.39 is 0 Å². The summed E-state index contributed by atoms with van der Waals surface area (Å²) in [5.74, 6) is 1.94. The van der Waals surface area contributed by atoms with Crippen molar-refractivity contribution in [1.29, 1.82) is 0 Å². The molecule has 0 atom stereocenters.